The third kappa shape index (κ3) is 6.85. The van der Waals surface area contributed by atoms with Crippen LogP contribution in [0.25, 0.3) is 0 Å². The van der Waals surface area contributed by atoms with Crippen molar-refractivity contribution in [3.63, 3.8) is 0 Å². The first-order chi connectivity index (χ1) is 13.8. The van der Waals surface area contributed by atoms with Gasteiger partial charge in [0.1, 0.15) is 5.75 Å². The SMILES string of the molecule is CCNC(=NCc1ccc(C)cc1OC)NCc1ccccc1S(=O)(=O)N(C)C.I. The van der Waals surface area contributed by atoms with Crippen molar-refractivity contribution in [2.45, 2.75) is 31.8 Å². The zero-order valence-corrected chi connectivity index (χ0v) is 21.2. The average Bonchev–Trinajstić information content (AvgIpc) is 2.70. The second kappa shape index (κ2) is 12.1. The highest BCUT2D eigenvalue weighted by Gasteiger charge is 2.20. The van der Waals surface area contributed by atoms with Crippen LogP contribution in [0.3, 0.4) is 0 Å². The van der Waals surface area contributed by atoms with E-state index in [9.17, 15) is 8.42 Å². The highest BCUT2D eigenvalue weighted by molar-refractivity contribution is 14.0. The van der Waals surface area contributed by atoms with Gasteiger partial charge < -0.3 is 15.4 Å². The zero-order valence-electron chi connectivity index (χ0n) is 18.1. The highest BCUT2D eigenvalue weighted by Crippen LogP contribution is 2.21. The summed E-state index contributed by atoms with van der Waals surface area (Å²) in [5.41, 5.74) is 2.78. The Morgan fingerprint density at radius 2 is 1.80 bits per heavy atom. The second-order valence-electron chi connectivity index (χ2n) is 6.76. The monoisotopic (exact) mass is 546 g/mol. The number of guanidine groups is 1. The number of nitrogens with zero attached hydrogens (tertiary/aromatic N) is 2. The quantitative estimate of drug-likeness (QED) is 0.302. The van der Waals surface area contributed by atoms with E-state index in [4.69, 9.17) is 4.74 Å². The molecule has 0 spiro atoms. The predicted molar refractivity (Wildman–Crippen MR) is 132 cm³/mol. The van der Waals surface area contributed by atoms with Gasteiger partial charge in [0.2, 0.25) is 10.0 Å². The lowest BCUT2D eigenvalue weighted by atomic mass is 10.1. The molecule has 0 bridgehead atoms. The van der Waals surface area contributed by atoms with Crippen molar-refractivity contribution in [1.82, 2.24) is 14.9 Å². The van der Waals surface area contributed by atoms with Crippen LogP contribution in [0.5, 0.6) is 5.75 Å². The number of aliphatic imine (C=N–C) groups is 1. The standard InChI is InChI=1S/C21H30N4O3S.HI/c1-6-22-21(23-14-17-12-11-16(2)13-19(17)28-5)24-15-18-9-7-8-10-20(18)29(26,27)25(3)4;/h7-13H,6,14-15H2,1-5H3,(H2,22,23,24);1H. The maximum absolute atomic E-state index is 12.6. The van der Waals surface area contributed by atoms with Gasteiger partial charge in [-0.1, -0.05) is 30.3 Å². The van der Waals surface area contributed by atoms with Gasteiger partial charge in [0, 0.05) is 32.7 Å². The Labute approximate surface area is 197 Å². The molecule has 2 N–H and O–H groups in total. The molecule has 0 saturated carbocycles. The van der Waals surface area contributed by atoms with Crippen LogP contribution < -0.4 is 15.4 Å². The molecule has 0 aromatic heterocycles. The van der Waals surface area contributed by atoms with Gasteiger partial charge in [0.15, 0.2) is 5.96 Å². The zero-order chi connectivity index (χ0) is 21.4. The lowest BCUT2D eigenvalue weighted by Gasteiger charge is -2.17. The number of ether oxygens (including phenoxy) is 1. The second-order valence-corrected chi connectivity index (χ2v) is 8.88. The molecule has 0 fully saturated rings. The maximum atomic E-state index is 12.6. The number of halogens is 1. The lowest BCUT2D eigenvalue weighted by molar-refractivity contribution is 0.409. The summed E-state index contributed by atoms with van der Waals surface area (Å²) >= 11 is 0. The van der Waals surface area contributed by atoms with Gasteiger partial charge in [-0.05, 0) is 37.1 Å². The van der Waals surface area contributed by atoms with Crippen molar-refractivity contribution in [1.29, 1.82) is 0 Å². The van der Waals surface area contributed by atoms with E-state index in [0.29, 0.717) is 31.2 Å². The van der Waals surface area contributed by atoms with Crippen LogP contribution in [0, 0.1) is 6.92 Å². The Morgan fingerprint density at radius 3 is 2.43 bits per heavy atom. The molecule has 0 radical (unpaired) electrons. The van der Waals surface area contributed by atoms with Crippen LogP contribution in [-0.4, -0.2) is 46.4 Å². The predicted octanol–water partition coefficient (Wildman–Crippen LogP) is 3.13. The van der Waals surface area contributed by atoms with Crippen molar-refractivity contribution in [2.75, 3.05) is 27.7 Å². The first-order valence-electron chi connectivity index (χ1n) is 9.45. The largest absolute Gasteiger partial charge is 0.496 e. The Morgan fingerprint density at radius 1 is 1.10 bits per heavy atom. The van der Waals surface area contributed by atoms with E-state index >= 15 is 0 Å². The third-order valence-corrected chi connectivity index (χ3v) is 6.29. The summed E-state index contributed by atoms with van der Waals surface area (Å²) in [6.45, 7) is 5.46. The summed E-state index contributed by atoms with van der Waals surface area (Å²) in [4.78, 5) is 4.90. The molecule has 30 heavy (non-hydrogen) atoms. The van der Waals surface area contributed by atoms with Crippen LogP contribution >= 0.6 is 24.0 Å². The number of rotatable bonds is 8. The van der Waals surface area contributed by atoms with Crippen molar-refractivity contribution in [3.05, 3.63) is 59.2 Å². The van der Waals surface area contributed by atoms with E-state index in [1.165, 1.54) is 18.4 Å². The van der Waals surface area contributed by atoms with Crippen LogP contribution in [0.2, 0.25) is 0 Å². The molecule has 0 aliphatic heterocycles. The summed E-state index contributed by atoms with van der Waals surface area (Å²) in [6.07, 6.45) is 0. The Hall–Kier alpha value is -1.85. The van der Waals surface area contributed by atoms with E-state index in [-0.39, 0.29) is 28.9 Å². The molecule has 0 unspecified atom stereocenters. The molecule has 2 aromatic carbocycles. The Balaban J connectivity index is 0.00000450. The van der Waals surface area contributed by atoms with Crippen molar-refractivity contribution in [2.24, 2.45) is 4.99 Å². The first kappa shape index (κ1) is 26.2. The van der Waals surface area contributed by atoms with Gasteiger partial charge >= 0.3 is 0 Å². The van der Waals surface area contributed by atoms with Crippen LogP contribution in [0.4, 0.5) is 0 Å². The van der Waals surface area contributed by atoms with Gasteiger partial charge in [-0.25, -0.2) is 17.7 Å². The highest BCUT2D eigenvalue weighted by atomic mass is 127. The van der Waals surface area contributed by atoms with Crippen LogP contribution in [-0.2, 0) is 23.1 Å². The molecule has 9 heteroatoms. The van der Waals surface area contributed by atoms with E-state index in [1.807, 2.05) is 38.1 Å². The number of sulfonamides is 1. The van der Waals surface area contributed by atoms with Crippen LogP contribution in [0.1, 0.15) is 23.6 Å². The van der Waals surface area contributed by atoms with Gasteiger partial charge in [0.25, 0.3) is 0 Å². The molecule has 0 atom stereocenters. The fourth-order valence-corrected chi connectivity index (χ4v) is 3.88. The van der Waals surface area contributed by atoms with E-state index in [0.717, 1.165) is 16.9 Å². The number of aryl methyl sites for hydroxylation is 1. The summed E-state index contributed by atoms with van der Waals surface area (Å²) in [5, 5.41) is 6.41. The number of hydrogen-bond acceptors (Lipinski definition) is 4. The molecule has 0 heterocycles. The molecule has 7 nitrogen and oxygen atoms in total. The maximum Gasteiger partial charge on any atom is 0.242 e. The number of nitrogens with one attached hydrogen (secondary N) is 2. The normalized spacial score (nSPS) is 11.7. The summed E-state index contributed by atoms with van der Waals surface area (Å²) in [5.74, 6) is 1.40. The van der Waals surface area contributed by atoms with Gasteiger partial charge in [-0.2, -0.15) is 0 Å². The van der Waals surface area contributed by atoms with Crippen molar-refractivity contribution in [3.8, 4) is 5.75 Å². The van der Waals surface area contributed by atoms with E-state index < -0.39 is 10.0 Å². The fraction of sp³-hybridized carbons (Fsp3) is 0.381. The number of hydrogen-bond donors (Lipinski definition) is 2. The van der Waals surface area contributed by atoms with Crippen molar-refractivity contribution >= 4 is 40.0 Å². The van der Waals surface area contributed by atoms with Gasteiger partial charge in [-0.3, -0.25) is 0 Å². The lowest BCUT2D eigenvalue weighted by Crippen LogP contribution is -2.37. The van der Waals surface area contributed by atoms with Gasteiger partial charge in [0.05, 0.1) is 18.6 Å². The molecule has 2 rings (SSSR count). The molecule has 0 aliphatic carbocycles. The number of methoxy groups -OCH3 is 1. The Bertz CT molecular complexity index is 962. The smallest absolute Gasteiger partial charge is 0.242 e. The summed E-state index contributed by atoms with van der Waals surface area (Å²) in [6, 6.07) is 13.0. The summed E-state index contributed by atoms with van der Waals surface area (Å²) in [7, 11) is 1.18. The minimum Gasteiger partial charge on any atom is -0.496 e. The minimum absolute atomic E-state index is 0. The van der Waals surface area contributed by atoms with Gasteiger partial charge in [-0.15, -0.1) is 24.0 Å². The average molecular weight is 546 g/mol. The third-order valence-electron chi connectivity index (χ3n) is 4.37. The molecule has 166 valence electrons. The van der Waals surface area contributed by atoms with E-state index in [2.05, 4.69) is 15.6 Å². The molecule has 0 saturated heterocycles. The molecular weight excluding hydrogens is 515 g/mol. The molecular formula is C21H31IN4O3S. The van der Waals surface area contributed by atoms with Crippen LogP contribution in [0.15, 0.2) is 52.4 Å². The van der Waals surface area contributed by atoms with E-state index in [1.54, 1.807) is 25.3 Å². The fourth-order valence-electron chi connectivity index (χ4n) is 2.77. The number of benzene rings is 2. The molecule has 0 aliphatic rings. The Kier molecular flexibility index (Phi) is 10.6. The molecule has 0 amide bonds. The topological polar surface area (TPSA) is 83.0 Å². The first-order valence-corrected chi connectivity index (χ1v) is 10.9. The molecule has 2 aromatic rings. The summed E-state index contributed by atoms with van der Waals surface area (Å²) < 4.78 is 31.8. The van der Waals surface area contributed by atoms with Crippen molar-refractivity contribution < 1.29 is 13.2 Å². The minimum atomic E-state index is -3.52.